The van der Waals surface area contributed by atoms with Gasteiger partial charge in [0.1, 0.15) is 0 Å². The van der Waals surface area contributed by atoms with Crippen LogP contribution in [0.5, 0.6) is 0 Å². The van der Waals surface area contributed by atoms with Crippen molar-refractivity contribution in [2.24, 2.45) is 11.3 Å². The van der Waals surface area contributed by atoms with Gasteiger partial charge in [0.15, 0.2) is 0 Å². The quantitative estimate of drug-likeness (QED) is 0.803. The molecule has 4 nitrogen and oxygen atoms in total. The van der Waals surface area contributed by atoms with E-state index in [1.54, 1.807) is 12.4 Å². The van der Waals surface area contributed by atoms with Crippen LogP contribution in [0, 0.1) is 11.3 Å². The molecule has 2 aliphatic carbocycles. The molecule has 20 heavy (non-hydrogen) atoms. The molecule has 2 aliphatic rings. The number of pyridine rings is 1. The van der Waals surface area contributed by atoms with Gasteiger partial charge in [-0.1, -0.05) is 6.92 Å². The minimum absolute atomic E-state index is 0.00336. The highest BCUT2D eigenvalue weighted by atomic mass is 16.1. The molecule has 2 saturated carbocycles. The lowest BCUT2D eigenvalue weighted by Gasteiger charge is -2.16. The molecule has 0 aliphatic heterocycles. The van der Waals surface area contributed by atoms with Crippen LogP contribution < -0.4 is 10.6 Å². The molecule has 0 bridgehead atoms. The summed E-state index contributed by atoms with van der Waals surface area (Å²) in [6.45, 7) is 3.81. The van der Waals surface area contributed by atoms with Crippen LogP contribution in [0.15, 0.2) is 18.5 Å². The van der Waals surface area contributed by atoms with Crippen LogP contribution >= 0.6 is 0 Å². The summed E-state index contributed by atoms with van der Waals surface area (Å²) in [4.78, 5) is 16.4. The van der Waals surface area contributed by atoms with Gasteiger partial charge in [0.25, 0.3) is 5.91 Å². The summed E-state index contributed by atoms with van der Waals surface area (Å²) in [6, 6.07) is 1.87. The Balaban J connectivity index is 1.61. The van der Waals surface area contributed by atoms with Gasteiger partial charge in [-0.3, -0.25) is 9.78 Å². The van der Waals surface area contributed by atoms with Crippen LogP contribution in [-0.4, -0.2) is 24.0 Å². The van der Waals surface area contributed by atoms with E-state index >= 15 is 0 Å². The first-order valence-electron chi connectivity index (χ1n) is 7.71. The van der Waals surface area contributed by atoms with Crippen molar-refractivity contribution in [1.29, 1.82) is 0 Å². The Hall–Kier alpha value is -1.58. The molecular weight excluding hydrogens is 250 g/mol. The molecule has 2 fully saturated rings. The summed E-state index contributed by atoms with van der Waals surface area (Å²) in [5.74, 6) is 0.873. The molecule has 108 valence electrons. The van der Waals surface area contributed by atoms with E-state index in [1.165, 1.54) is 25.7 Å². The van der Waals surface area contributed by atoms with Crippen LogP contribution in [0.4, 0.5) is 5.69 Å². The Bertz CT molecular complexity index is 492. The highest BCUT2D eigenvalue weighted by molar-refractivity contribution is 5.99. The fourth-order valence-corrected chi connectivity index (χ4v) is 2.93. The zero-order valence-corrected chi connectivity index (χ0v) is 12.1. The third-order valence-electron chi connectivity index (χ3n) is 4.57. The summed E-state index contributed by atoms with van der Waals surface area (Å²) in [7, 11) is 0. The third kappa shape index (κ3) is 2.79. The Morgan fingerprint density at radius 2 is 2.25 bits per heavy atom. The fourth-order valence-electron chi connectivity index (χ4n) is 2.93. The lowest BCUT2D eigenvalue weighted by molar-refractivity contribution is 0.0943. The third-order valence-corrected chi connectivity index (χ3v) is 4.57. The van der Waals surface area contributed by atoms with Gasteiger partial charge in [0, 0.05) is 25.5 Å². The standard InChI is InChI=1S/C16H23N3O/c1-2-8-18-14-5-9-17-10-13(14)15(20)19-11-16(6-7-16)12-3-4-12/h5,9-10,12H,2-4,6-8,11H2,1H3,(H,17,18)(H,19,20). The predicted molar refractivity (Wildman–Crippen MR) is 79.7 cm³/mol. The van der Waals surface area contributed by atoms with Crippen molar-refractivity contribution in [1.82, 2.24) is 10.3 Å². The van der Waals surface area contributed by atoms with Crippen molar-refractivity contribution < 1.29 is 4.79 Å². The smallest absolute Gasteiger partial charge is 0.254 e. The summed E-state index contributed by atoms with van der Waals surface area (Å²) < 4.78 is 0. The first-order valence-corrected chi connectivity index (χ1v) is 7.71. The number of hydrogen-bond donors (Lipinski definition) is 2. The minimum atomic E-state index is 0.00336. The van der Waals surface area contributed by atoms with E-state index < -0.39 is 0 Å². The van der Waals surface area contributed by atoms with E-state index in [0.717, 1.165) is 31.1 Å². The largest absolute Gasteiger partial charge is 0.384 e. The second-order valence-electron chi connectivity index (χ2n) is 6.17. The monoisotopic (exact) mass is 273 g/mol. The van der Waals surface area contributed by atoms with Gasteiger partial charge in [-0.05, 0) is 49.5 Å². The first kappa shape index (κ1) is 13.4. The van der Waals surface area contributed by atoms with Crippen molar-refractivity contribution in [2.45, 2.75) is 39.0 Å². The molecule has 0 aromatic carbocycles. The van der Waals surface area contributed by atoms with Crippen LogP contribution in [-0.2, 0) is 0 Å². The van der Waals surface area contributed by atoms with Gasteiger partial charge in [-0.2, -0.15) is 0 Å². The van der Waals surface area contributed by atoms with Gasteiger partial charge in [-0.25, -0.2) is 0 Å². The molecule has 1 aromatic heterocycles. The lowest BCUT2D eigenvalue weighted by atomic mass is 10.0. The second-order valence-corrected chi connectivity index (χ2v) is 6.17. The highest BCUT2D eigenvalue weighted by Crippen LogP contribution is 2.60. The van der Waals surface area contributed by atoms with E-state index in [4.69, 9.17) is 0 Å². The van der Waals surface area contributed by atoms with Gasteiger partial charge in [0.05, 0.1) is 11.3 Å². The van der Waals surface area contributed by atoms with Crippen molar-refractivity contribution >= 4 is 11.6 Å². The molecule has 2 N–H and O–H groups in total. The maximum Gasteiger partial charge on any atom is 0.254 e. The number of carbonyl (C=O) groups excluding carboxylic acids is 1. The Morgan fingerprint density at radius 1 is 1.45 bits per heavy atom. The zero-order valence-electron chi connectivity index (χ0n) is 12.1. The van der Waals surface area contributed by atoms with E-state index in [9.17, 15) is 4.79 Å². The van der Waals surface area contributed by atoms with Crippen LogP contribution in [0.2, 0.25) is 0 Å². The molecule has 0 unspecified atom stereocenters. The number of aromatic nitrogens is 1. The SMILES string of the molecule is CCCNc1ccncc1C(=O)NCC1(C2CC2)CC1. The average molecular weight is 273 g/mol. The van der Waals surface area contributed by atoms with Gasteiger partial charge >= 0.3 is 0 Å². The zero-order chi connectivity index (χ0) is 14.0. The lowest BCUT2D eigenvalue weighted by Crippen LogP contribution is -2.31. The molecule has 0 spiro atoms. The Morgan fingerprint density at radius 3 is 2.90 bits per heavy atom. The van der Waals surface area contributed by atoms with Crippen molar-refractivity contribution in [3.8, 4) is 0 Å². The summed E-state index contributed by atoms with van der Waals surface area (Å²) in [5, 5.41) is 6.41. The van der Waals surface area contributed by atoms with Crippen LogP contribution in [0.1, 0.15) is 49.4 Å². The van der Waals surface area contributed by atoms with E-state index in [-0.39, 0.29) is 5.91 Å². The molecule has 3 rings (SSSR count). The van der Waals surface area contributed by atoms with E-state index in [0.29, 0.717) is 11.0 Å². The number of nitrogens with one attached hydrogen (secondary N) is 2. The normalized spacial score (nSPS) is 19.4. The maximum absolute atomic E-state index is 12.4. The molecule has 0 saturated heterocycles. The van der Waals surface area contributed by atoms with Crippen LogP contribution in [0.25, 0.3) is 0 Å². The molecule has 4 heteroatoms. The van der Waals surface area contributed by atoms with Gasteiger partial charge in [0.2, 0.25) is 0 Å². The summed E-state index contributed by atoms with van der Waals surface area (Å²) >= 11 is 0. The number of rotatable bonds is 7. The Labute approximate surface area is 120 Å². The average Bonchev–Trinajstić information content (AvgIpc) is 3.35. The maximum atomic E-state index is 12.4. The highest BCUT2D eigenvalue weighted by Gasteiger charge is 2.53. The van der Waals surface area contributed by atoms with Crippen molar-refractivity contribution in [3.63, 3.8) is 0 Å². The van der Waals surface area contributed by atoms with E-state index in [1.807, 2.05) is 6.07 Å². The molecule has 0 atom stereocenters. The summed E-state index contributed by atoms with van der Waals surface area (Å²) in [6.07, 6.45) is 9.69. The topological polar surface area (TPSA) is 54.0 Å². The molecule has 1 amide bonds. The Kier molecular flexibility index (Phi) is 3.64. The van der Waals surface area contributed by atoms with Crippen molar-refractivity contribution in [3.05, 3.63) is 24.0 Å². The van der Waals surface area contributed by atoms with Crippen molar-refractivity contribution in [2.75, 3.05) is 18.4 Å². The molecule has 1 aromatic rings. The molecule has 0 radical (unpaired) electrons. The number of amides is 1. The minimum Gasteiger partial charge on any atom is -0.384 e. The first-order chi connectivity index (χ1) is 9.75. The number of hydrogen-bond acceptors (Lipinski definition) is 3. The number of anilines is 1. The fraction of sp³-hybridized carbons (Fsp3) is 0.625. The van der Waals surface area contributed by atoms with Crippen LogP contribution in [0.3, 0.4) is 0 Å². The van der Waals surface area contributed by atoms with Gasteiger partial charge < -0.3 is 10.6 Å². The molecular formula is C16H23N3O. The van der Waals surface area contributed by atoms with E-state index in [2.05, 4.69) is 22.5 Å². The summed E-state index contributed by atoms with van der Waals surface area (Å²) in [5.41, 5.74) is 1.98. The number of carbonyl (C=O) groups is 1. The molecule has 1 heterocycles. The second kappa shape index (κ2) is 5.43. The number of nitrogens with zero attached hydrogens (tertiary/aromatic N) is 1. The predicted octanol–water partition coefficient (Wildman–Crippen LogP) is 2.82. The van der Waals surface area contributed by atoms with Gasteiger partial charge in [-0.15, -0.1) is 0 Å².